The van der Waals surface area contributed by atoms with Gasteiger partial charge in [-0.25, -0.2) is 0 Å². The predicted octanol–water partition coefficient (Wildman–Crippen LogP) is 1.95. The highest BCUT2D eigenvalue weighted by Crippen LogP contribution is 2.33. The zero-order valence-corrected chi connectivity index (χ0v) is 9.13. The number of ether oxygens (including phenoxy) is 1. The summed E-state index contributed by atoms with van der Waals surface area (Å²) in [5, 5.41) is 0. The molecule has 1 heterocycles. The first-order chi connectivity index (χ1) is 7.84. The summed E-state index contributed by atoms with van der Waals surface area (Å²) in [5.41, 5.74) is 1.16. The van der Waals surface area contributed by atoms with Crippen LogP contribution in [0, 0.1) is 5.92 Å². The lowest BCUT2D eigenvalue weighted by Gasteiger charge is -2.13. The number of nitrogens with zero attached hydrogens (tertiary/aromatic N) is 1. The van der Waals surface area contributed by atoms with Crippen LogP contribution in [-0.2, 0) is 9.53 Å². The minimum atomic E-state index is 0.0592. The van der Waals surface area contributed by atoms with Gasteiger partial charge in [0.15, 0.2) is 0 Å². The Labute approximate surface area is 95.0 Å². The van der Waals surface area contributed by atoms with Crippen molar-refractivity contribution in [1.29, 1.82) is 0 Å². The molecule has 0 aromatic heterocycles. The Morgan fingerprint density at radius 1 is 1.25 bits per heavy atom. The van der Waals surface area contributed by atoms with Gasteiger partial charge in [0.2, 0.25) is 5.91 Å². The molecule has 1 aliphatic heterocycles. The first-order valence-electron chi connectivity index (χ1n) is 5.80. The van der Waals surface area contributed by atoms with Gasteiger partial charge in [0.05, 0.1) is 6.54 Å². The first-order valence-corrected chi connectivity index (χ1v) is 5.80. The molecule has 3 rings (SSSR count). The first kappa shape index (κ1) is 9.85. The average Bonchev–Trinajstić information content (AvgIpc) is 3.07. The van der Waals surface area contributed by atoms with Crippen molar-refractivity contribution in [3.05, 3.63) is 35.9 Å². The van der Waals surface area contributed by atoms with Crippen LogP contribution in [0.5, 0.6) is 0 Å². The van der Waals surface area contributed by atoms with Gasteiger partial charge in [-0.2, -0.15) is 0 Å². The molecule has 0 spiro atoms. The Morgan fingerprint density at radius 3 is 2.69 bits per heavy atom. The van der Waals surface area contributed by atoms with E-state index < -0.39 is 0 Å². The third-order valence-corrected chi connectivity index (χ3v) is 3.23. The Balaban J connectivity index is 1.66. The van der Waals surface area contributed by atoms with E-state index in [4.69, 9.17) is 4.74 Å². The molecule has 1 amide bonds. The van der Waals surface area contributed by atoms with E-state index in [0.29, 0.717) is 13.3 Å². The molecule has 1 aromatic rings. The molecule has 1 aromatic carbocycles. The van der Waals surface area contributed by atoms with Gasteiger partial charge in [-0.1, -0.05) is 30.3 Å². The normalized spacial score (nSPS) is 24.8. The molecular formula is C13H15NO2. The number of carbonyl (C=O) groups is 1. The van der Waals surface area contributed by atoms with Gasteiger partial charge in [-0.15, -0.1) is 0 Å². The van der Waals surface area contributed by atoms with Crippen LogP contribution in [0.2, 0.25) is 0 Å². The molecule has 1 saturated carbocycles. The second kappa shape index (κ2) is 3.91. The number of amides is 1. The standard InChI is InChI=1S/C13H15NO2/c15-13(11-6-7-11)14-8-12(16-9-14)10-4-2-1-3-5-10/h1-5,11-12H,6-9H2. The van der Waals surface area contributed by atoms with Gasteiger partial charge in [0.1, 0.15) is 12.8 Å². The van der Waals surface area contributed by atoms with Crippen LogP contribution in [0.25, 0.3) is 0 Å². The summed E-state index contributed by atoms with van der Waals surface area (Å²) in [5.74, 6) is 0.566. The molecule has 84 valence electrons. The van der Waals surface area contributed by atoms with Crippen LogP contribution in [0.1, 0.15) is 24.5 Å². The maximum absolute atomic E-state index is 11.8. The second-order valence-corrected chi connectivity index (χ2v) is 4.53. The minimum absolute atomic E-state index is 0.0592. The molecule has 1 atom stereocenters. The largest absolute Gasteiger partial charge is 0.351 e. The van der Waals surface area contributed by atoms with Crippen LogP contribution < -0.4 is 0 Å². The van der Waals surface area contributed by atoms with Crippen LogP contribution in [-0.4, -0.2) is 24.1 Å². The van der Waals surface area contributed by atoms with E-state index in [1.54, 1.807) is 0 Å². The Bertz CT molecular complexity index is 386. The molecule has 16 heavy (non-hydrogen) atoms. The van der Waals surface area contributed by atoms with Crippen LogP contribution in [0.3, 0.4) is 0 Å². The van der Waals surface area contributed by atoms with Crippen molar-refractivity contribution < 1.29 is 9.53 Å². The summed E-state index contributed by atoms with van der Waals surface area (Å²) < 4.78 is 5.66. The Hall–Kier alpha value is -1.35. The monoisotopic (exact) mass is 217 g/mol. The molecule has 0 N–H and O–H groups in total. The lowest BCUT2D eigenvalue weighted by molar-refractivity contribution is -0.132. The SMILES string of the molecule is O=C(C1CC1)N1COC(c2ccccc2)C1. The molecule has 3 nitrogen and oxygen atoms in total. The van der Waals surface area contributed by atoms with E-state index in [9.17, 15) is 4.79 Å². The summed E-state index contributed by atoms with van der Waals surface area (Å²) in [4.78, 5) is 13.7. The van der Waals surface area contributed by atoms with Crippen molar-refractivity contribution in [3.8, 4) is 0 Å². The number of hydrogen-bond acceptors (Lipinski definition) is 2. The van der Waals surface area contributed by atoms with Crippen molar-refractivity contribution in [1.82, 2.24) is 4.90 Å². The van der Waals surface area contributed by atoms with Gasteiger partial charge in [-0.3, -0.25) is 4.79 Å². The summed E-state index contributed by atoms with van der Waals surface area (Å²) in [7, 11) is 0. The summed E-state index contributed by atoms with van der Waals surface area (Å²) in [6.07, 6.45) is 2.18. The fourth-order valence-electron chi connectivity index (χ4n) is 2.10. The zero-order chi connectivity index (χ0) is 11.0. The molecular weight excluding hydrogens is 202 g/mol. The maximum atomic E-state index is 11.8. The van der Waals surface area contributed by atoms with E-state index in [1.165, 1.54) is 0 Å². The molecule has 2 aliphatic rings. The van der Waals surface area contributed by atoms with Crippen molar-refractivity contribution in [3.63, 3.8) is 0 Å². The van der Waals surface area contributed by atoms with E-state index in [-0.39, 0.29) is 17.9 Å². The molecule has 2 fully saturated rings. The topological polar surface area (TPSA) is 29.5 Å². The van der Waals surface area contributed by atoms with Gasteiger partial charge >= 0.3 is 0 Å². The lowest BCUT2D eigenvalue weighted by atomic mass is 10.1. The summed E-state index contributed by atoms with van der Waals surface area (Å²) in [6, 6.07) is 10.1. The lowest BCUT2D eigenvalue weighted by Crippen LogP contribution is -2.29. The molecule has 1 aliphatic carbocycles. The number of carbonyl (C=O) groups excluding carboxylic acids is 1. The minimum Gasteiger partial charge on any atom is -0.351 e. The van der Waals surface area contributed by atoms with E-state index in [0.717, 1.165) is 18.4 Å². The van der Waals surface area contributed by atoms with Gasteiger partial charge in [0.25, 0.3) is 0 Å². The third kappa shape index (κ3) is 1.83. The van der Waals surface area contributed by atoms with Crippen LogP contribution in [0.4, 0.5) is 0 Å². The Kier molecular flexibility index (Phi) is 2.40. The van der Waals surface area contributed by atoms with Crippen molar-refractivity contribution in [2.75, 3.05) is 13.3 Å². The van der Waals surface area contributed by atoms with Crippen molar-refractivity contribution in [2.45, 2.75) is 18.9 Å². The highest BCUT2D eigenvalue weighted by Gasteiger charge is 2.37. The molecule has 1 saturated heterocycles. The van der Waals surface area contributed by atoms with Crippen molar-refractivity contribution in [2.24, 2.45) is 5.92 Å². The number of hydrogen-bond donors (Lipinski definition) is 0. The van der Waals surface area contributed by atoms with Crippen LogP contribution >= 0.6 is 0 Å². The van der Waals surface area contributed by atoms with Crippen molar-refractivity contribution >= 4 is 5.91 Å². The smallest absolute Gasteiger partial charge is 0.227 e. The fraction of sp³-hybridized carbons (Fsp3) is 0.462. The highest BCUT2D eigenvalue weighted by atomic mass is 16.5. The van der Waals surface area contributed by atoms with Gasteiger partial charge in [-0.05, 0) is 18.4 Å². The quantitative estimate of drug-likeness (QED) is 0.757. The summed E-state index contributed by atoms with van der Waals surface area (Å²) >= 11 is 0. The van der Waals surface area contributed by atoms with Gasteiger partial charge < -0.3 is 9.64 Å². The van der Waals surface area contributed by atoms with E-state index in [2.05, 4.69) is 12.1 Å². The zero-order valence-electron chi connectivity index (χ0n) is 9.13. The predicted molar refractivity (Wildman–Crippen MR) is 59.6 cm³/mol. The van der Waals surface area contributed by atoms with E-state index >= 15 is 0 Å². The fourth-order valence-corrected chi connectivity index (χ4v) is 2.10. The number of rotatable bonds is 2. The Morgan fingerprint density at radius 2 is 2.00 bits per heavy atom. The molecule has 0 radical (unpaired) electrons. The molecule has 1 unspecified atom stereocenters. The highest BCUT2D eigenvalue weighted by molar-refractivity contribution is 5.81. The summed E-state index contributed by atoms with van der Waals surface area (Å²) in [6.45, 7) is 1.16. The molecule has 3 heteroatoms. The maximum Gasteiger partial charge on any atom is 0.227 e. The second-order valence-electron chi connectivity index (χ2n) is 4.53. The van der Waals surface area contributed by atoms with Crippen LogP contribution in [0.15, 0.2) is 30.3 Å². The van der Waals surface area contributed by atoms with E-state index in [1.807, 2.05) is 23.1 Å². The molecule has 0 bridgehead atoms. The average molecular weight is 217 g/mol. The number of benzene rings is 1. The van der Waals surface area contributed by atoms with Gasteiger partial charge in [0, 0.05) is 5.92 Å². The third-order valence-electron chi connectivity index (χ3n) is 3.23.